The highest BCUT2D eigenvalue weighted by Gasteiger charge is 2.24. The molecule has 1 aromatic heterocycles. The summed E-state index contributed by atoms with van der Waals surface area (Å²) in [7, 11) is 3.44. The number of thiophene rings is 1. The molecule has 1 unspecified atom stereocenters. The second-order valence-corrected chi connectivity index (χ2v) is 8.84. The van der Waals surface area contributed by atoms with Crippen LogP contribution in [0.1, 0.15) is 31.7 Å². The molecule has 0 radical (unpaired) electrons. The first-order chi connectivity index (χ1) is 15.1. The van der Waals surface area contributed by atoms with Crippen molar-refractivity contribution in [2.75, 3.05) is 53.5 Å². The van der Waals surface area contributed by atoms with E-state index in [0.29, 0.717) is 11.6 Å². The zero-order valence-electron chi connectivity index (χ0n) is 18.6. The van der Waals surface area contributed by atoms with Gasteiger partial charge in [-0.3, -0.25) is 14.7 Å². The van der Waals surface area contributed by atoms with Crippen molar-refractivity contribution in [3.05, 3.63) is 57.3 Å². The zero-order valence-corrected chi connectivity index (χ0v) is 19.4. The number of nitrogens with zero attached hydrogens (tertiary/aromatic N) is 2. The van der Waals surface area contributed by atoms with E-state index in [0.717, 1.165) is 57.3 Å². The Labute approximate surface area is 188 Å². The molecule has 0 saturated carbocycles. The molecule has 0 bridgehead atoms. The first-order valence-corrected chi connectivity index (χ1v) is 11.6. The maximum atomic E-state index is 11.8. The highest BCUT2D eigenvalue weighted by molar-refractivity contribution is 7.12. The number of ether oxygens (including phenoxy) is 1. The second-order valence-electron chi connectivity index (χ2n) is 7.52. The molecule has 3 N–H and O–H groups in total. The second kappa shape index (κ2) is 11.8. The van der Waals surface area contributed by atoms with E-state index in [2.05, 4.69) is 44.9 Å². The fourth-order valence-electron chi connectivity index (χ4n) is 3.68. The normalized spacial score (nSPS) is 16.0. The van der Waals surface area contributed by atoms with Crippen LogP contribution in [0.15, 0.2) is 41.4 Å². The van der Waals surface area contributed by atoms with E-state index in [1.165, 1.54) is 9.75 Å². The number of carbonyl (C=O) groups excluding carboxylic acids is 1. The van der Waals surface area contributed by atoms with Crippen LogP contribution in [0.2, 0.25) is 0 Å². The Hall–Kier alpha value is -2.42. The third-order valence-corrected chi connectivity index (χ3v) is 6.49. The Balaban J connectivity index is 1.54. The van der Waals surface area contributed by atoms with Crippen LogP contribution in [0.25, 0.3) is 0 Å². The summed E-state index contributed by atoms with van der Waals surface area (Å²) in [5.74, 6) is 0.722. The first-order valence-electron chi connectivity index (χ1n) is 10.7. The predicted molar refractivity (Wildman–Crippen MR) is 127 cm³/mol. The summed E-state index contributed by atoms with van der Waals surface area (Å²) in [4.78, 5) is 21.4. The standard InChI is InChI=1S/C23H33N5O2S/c1-17-7-8-21(31-17)20(28-11-13-30-14-12-28)16-27-23(25-3)26-10-9-18-5-4-6-19(15-18)22(29)24-2/h4-8,15,20H,9-14,16H2,1-3H3,(H,24,29)(H2,25,26,27). The van der Waals surface area contributed by atoms with E-state index in [1.54, 1.807) is 14.1 Å². The van der Waals surface area contributed by atoms with Crippen LogP contribution in [0.4, 0.5) is 0 Å². The van der Waals surface area contributed by atoms with E-state index in [9.17, 15) is 4.79 Å². The summed E-state index contributed by atoms with van der Waals surface area (Å²) in [5.41, 5.74) is 1.80. The molecule has 1 atom stereocenters. The minimum Gasteiger partial charge on any atom is -0.379 e. The number of amides is 1. The largest absolute Gasteiger partial charge is 0.379 e. The average molecular weight is 444 g/mol. The number of nitrogens with one attached hydrogen (secondary N) is 3. The maximum absolute atomic E-state index is 11.8. The van der Waals surface area contributed by atoms with E-state index >= 15 is 0 Å². The number of benzene rings is 1. The SMILES string of the molecule is CN=C(NCCc1cccc(C(=O)NC)c1)NCC(c1ccc(C)s1)N1CCOCC1. The van der Waals surface area contributed by atoms with E-state index in [-0.39, 0.29) is 5.91 Å². The molecule has 3 rings (SSSR count). The number of carbonyl (C=O) groups is 1. The van der Waals surface area contributed by atoms with Gasteiger partial charge in [0, 0.05) is 55.6 Å². The van der Waals surface area contributed by atoms with Crippen LogP contribution in [0.5, 0.6) is 0 Å². The molecule has 1 saturated heterocycles. The molecule has 1 fully saturated rings. The number of hydrogen-bond donors (Lipinski definition) is 3. The molecule has 0 aliphatic carbocycles. The van der Waals surface area contributed by atoms with Crippen LogP contribution in [-0.4, -0.2) is 70.3 Å². The average Bonchev–Trinajstić information content (AvgIpc) is 3.24. The van der Waals surface area contributed by atoms with E-state index in [4.69, 9.17) is 4.74 Å². The van der Waals surface area contributed by atoms with Crippen molar-refractivity contribution in [2.24, 2.45) is 4.99 Å². The van der Waals surface area contributed by atoms with Gasteiger partial charge in [0.15, 0.2) is 5.96 Å². The quantitative estimate of drug-likeness (QED) is 0.431. The summed E-state index contributed by atoms with van der Waals surface area (Å²) >= 11 is 1.85. The van der Waals surface area contributed by atoms with Gasteiger partial charge < -0.3 is 20.7 Å². The van der Waals surface area contributed by atoms with Gasteiger partial charge in [-0.2, -0.15) is 0 Å². The van der Waals surface area contributed by atoms with Crippen molar-refractivity contribution in [3.8, 4) is 0 Å². The summed E-state index contributed by atoms with van der Waals surface area (Å²) in [6.45, 7) is 7.11. The molecule has 2 heterocycles. The van der Waals surface area contributed by atoms with Gasteiger partial charge in [-0.05, 0) is 43.2 Å². The molecule has 1 aliphatic rings. The van der Waals surface area contributed by atoms with Gasteiger partial charge in [-0.1, -0.05) is 12.1 Å². The van der Waals surface area contributed by atoms with Crippen LogP contribution in [0.3, 0.4) is 0 Å². The van der Waals surface area contributed by atoms with Crippen LogP contribution < -0.4 is 16.0 Å². The summed E-state index contributed by atoms with van der Waals surface area (Å²) in [6.07, 6.45) is 0.808. The smallest absolute Gasteiger partial charge is 0.251 e. The van der Waals surface area contributed by atoms with Gasteiger partial charge in [-0.15, -0.1) is 11.3 Å². The first kappa shape index (κ1) is 23.2. The topological polar surface area (TPSA) is 78.0 Å². The molecule has 8 heteroatoms. The van der Waals surface area contributed by atoms with Crippen molar-refractivity contribution in [1.29, 1.82) is 0 Å². The number of morpholine rings is 1. The summed E-state index contributed by atoms with van der Waals surface area (Å²) in [5, 5.41) is 9.56. The van der Waals surface area contributed by atoms with Gasteiger partial charge >= 0.3 is 0 Å². The third-order valence-electron chi connectivity index (χ3n) is 5.38. The molecule has 2 aromatic rings. The summed E-state index contributed by atoms with van der Waals surface area (Å²) in [6, 6.07) is 12.4. The molecule has 0 spiro atoms. The summed E-state index contributed by atoms with van der Waals surface area (Å²) < 4.78 is 5.54. The molecule has 1 aromatic carbocycles. The lowest BCUT2D eigenvalue weighted by atomic mass is 10.1. The fourth-order valence-corrected chi connectivity index (χ4v) is 4.70. The van der Waals surface area contributed by atoms with Gasteiger partial charge in [0.05, 0.1) is 19.3 Å². The minimum atomic E-state index is -0.0646. The van der Waals surface area contributed by atoms with E-state index in [1.807, 2.05) is 35.6 Å². The van der Waals surface area contributed by atoms with Crippen molar-refractivity contribution < 1.29 is 9.53 Å². The Morgan fingerprint density at radius 1 is 1.23 bits per heavy atom. The fraction of sp³-hybridized carbons (Fsp3) is 0.478. The lowest BCUT2D eigenvalue weighted by molar-refractivity contribution is 0.0177. The highest BCUT2D eigenvalue weighted by Crippen LogP contribution is 2.27. The van der Waals surface area contributed by atoms with Gasteiger partial charge in [0.25, 0.3) is 5.91 Å². The van der Waals surface area contributed by atoms with Crippen LogP contribution in [-0.2, 0) is 11.2 Å². The van der Waals surface area contributed by atoms with Crippen molar-refractivity contribution >= 4 is 23.2 Å². The van der Waals surface area contributed by atoms with Gasteiger partial charge in [0.1, 0.15) is 0 Å². The van der Waals surface area contributed by atoms with Crippen LogP contribution in [0, 0.1) is 6.92 Å². The maximum Gasteiger partial charge on any atom is 0.251 e. The Kier molecular flexibility index (Phi) is 8.87. The number of aliphatic imine (C=N–C) groups is 1. The molecular weight excluding hydrogens is 410 g/mol. The Bertz CT molecular complexity index is 876. The zero-order chi connectivity index (χ0) is 22.1. The van der Waals surface area contributed by atoms with Gasteiger partial charge in [-0.25, -0.2) is 0 Å². The third kappa shape index (κ3) is 6.78. The van der Waals surface area contributed by atoms with Gasteiger partial charge in [0.2, 0.25) is 0 Å². The number of hydrogen-bond acceptors (Lipinski definition) is 5. The number of rotatable bonds is 8. The highest BCUT2D eigenvalue weighted by atomic mass is 32.1. The van der Waals surface area contributed by atoms with Crippen molar-refractivity contribution in [1.82, 2.24) is 20.9 Å². The van der Waals surface area contributed by atoms with Crippen LogP contribution >= 0.6 is 11.3 Å². The molecule has 1 amide bonds. The lowest BCUT2D eigenvalue weighted by Gasteiger charge is -2.34. The molecule has 31 heavy (non-hydrogen) atoms. The number of guanidine groups is 1. The lowest BCUT2D eigenvalue weighted by Crippen LogP contribution is -2.46. The Morgan fingerprint density at radius 2 is 2.03 bits per heavy atom. The van der Waals surface area contributed by atoms with E-state index < -0.39 is 0 Å². The minimum absolute atomic E-state index is 0.0646. The Morgan fingerprint density at radius 3 is 2.71 bits per heavy atom. The molecule has 1 aliphatic heterocycles. The number of aryl methyl sites for hydroxylation is 1. The molecular formula is C23H33N5O2S. The molecule has 7 nitrogen and oxygen atoms in total. The van der Waals surface area contributed by atoms with Crippen molar-refractivity contribution in [3.63, 3.8) is 0 Å². The molecule has 168 valence electrons. The predicted octanol–water partition coefficient (Wildman–Crippen LogP) is 2.20. The monoisotopic (exact) mass is 443 g/mol. The van der Waals surface area contributed by atoms with Crippen molar-refractivity contribution in [2.45, 2.75) is 19.4 Å².